The minimum Gasteiger partial charge on any atom is -0.458 e. The van der Waals surface area contributed by atoms with Gasteiger partial charge in [0.1, 0.15) is 13.2 Å². The average molecular weight is 465 g/mol. The standard InChI is InChI=1S/C12H12O3.C11H10O3.C3H6.C2H4/c1-3-8-15-12(14)11-7-5-4-6-10(11)9(2)13;1-2-7-14-11(13)10-6-4-3-5-9(10)8-12;1-3-2;1-2/h3-7H,1,8H2,2H3;2-6,8H,1,7H2;3H,1H2,2H3;1-2H2. The van der Waals surface area contributed by atoms with E-state index in [0.29, 0.717) is 23.0 Å². The molecule has 0 heterocycles. The Balaban J connectivity index is 0. The number of Topliss-reactive ketones (excluding diaryl/α,β-unsaturated/α-hetero) is 1. The summed E-state index contributed by atoms with van der Waals surface area (Å²) in [5.41, 5.74) is 1.30. The number of ketones is 1. The van der Waals surface area contributed by atoms with Crippen LogP contribution in [-0.4, -0.2) is 37.2 Å². The number of hydrogen-bond acceptors (Lipinski definition) is 6. The van der Waals surface area contributed by atoms with Gasteiger partial charge in [-0.2, -0.15) is 0 Å². The molecule has 0 saturated carbocycles. The lowest BCUT2D eigenvalue weighted by Gasteiger charge is -2.05. The second-order valence-corrected chi connectivity index (χ2v) is 5.99. The Kier molecular flexibility index (Phi) is 19.3. The van der Waals surface area contributed by atoms with Gasteiger partial charge in [0.2, 0.25) is 0 Å². The summed E-state index contributed by atoms with van der Waals surface area (Å²) in [5, 5.41) is 0. The van der Waals surface area contributed by atoms with E-state index in [-0.39, 0.29) is 24.6 Å². The van der Waals surface area contributed by atoms with Gasteiger partial charge in [0.25, 0.3) is 0 Å². The molecule has 0 spiro atoms. The fraction of sp³-hybridized carbons (Fsp3) is 0.143. The Morgan fingerprint density at radius 3 is 1.56 bits per heavy atom. The van der Waals surface area contributed by atoms with Crippen LogP contribution in [-0.2, 0) is 9.47 Å². The number of rotatable bonds is 8. The molecule has 0 aliphatic heterocycles. The number of hydrogen-bond donors (Lipinski definition) is 0. The third-order valence-corrected chi connectivity index (χ3v) is 3.50. The molecule has 0 fully saturated rings. The predicted octanol–water partition coefficient (Wildman–Crippen LogP) is 6.07. The highest BCUT2D eigenvalue weighted by molar-refractivity contribution is 6.05. The highest BCUT2D eigenvalue weighted by Crippen LogP contribution is 2.11. The largest absolute Gasteiger partial charge is 0.458 e. The van der Waals surface area contributed by atoms with Crippen molar-refractivity contribution >= 4 is 24.0 Å². The van der Waals surface area contributed by atoms with Gasteiger partial charge in [0.05, 0.1) is 11.1 Å². The first-order chi connectivity index (χ1) is 16.4. The number of benzene rings is 2. The molecule has 6 nitrogen and oxygen atoms in total. The first-order valence-electron chi connectivity index (χ1n) is 10.1. The van der Waals surface area contributed by atoms with E-state index in [4.69, 9.17) is 9.47 Å². The Labute approximate surface area is 201 Å². The first-order valence-corrected chi connectivity index (χ1v) is 10.1. The number of carbonyl (C=O) groups excluding carboxylic acids is 4. The fourth-order valence-corrected chi connectivity index (χ4v) is 2.18. The molecule has 2 rings (SSSR count). The van der Waals surface area contributed by atoms with E-state index in [9.17, 15) is 19.2 Å². The lowest BCUT2D eigenvalue weighted by molar-refractivity contribution is 0.0539. The molecular weight excluding hydrogens is 432 g/mol. The highest BCUT2D eigenvalue weighted by Gasteiger charge is 2.14. The highest BCUT2D eigenvalue weighted by atomic mass is 16.5. The van der Waals surface area contributed by atoms with Crippen LogP contribution < -0.4 is 0 Å². The zero-order valence-corrected chi connectivity index (χ0v) is 19.8. The van der Waals surface area contributed by atoms with E-state index >= 15 is 0 Å². The summed E-state index contributed by atoms with van der Waals surface area (Å²) in [4.78, 5) is 44.7. The van der Waals surface area contributed by atoms with Crippen molar-refractivity contribution in [3.63, 3.8) is 0 Å². The molecule has 0 atom stereocenters. The van der Waals surface area contributed by atoms with Gasteiger partial charge >= 0.3 is 11.9 Å². The molecule has 0 amide bonds. The van der Waals surface area contributed by atoms with Crippen LogP contribution >= 0.6 is 0 Å². The topological polar surface area (TPSA) is 86.7 Å². The zero-order chi connectivity index (χ0) is 26.4. The Bertz CT molecular complexity index is 959. The van der Waals surface area contributed by atoms with E-state index < -0.39 is 11.9 Å². The summed E-state index contributed by atoms with van der Waals surface area (Å²) in [6.45, 7) is 19.8. The number of carbonyl (C=O) groups is 4. The Morgan fingerprint density at radius 1 is 0.765 bits per heavy atom. The SMILES string of the molecule is C=C.C=CC.C=CCOC(=O)c1ccccc1C(C)=O.C=CCOC(=O)c1ccccc1C=O. The van der Waals surface area contributed by atoms with Crippen LogP contribution in [0.4, 0.5) is 0 Å². The van der Waals surface area contributed by atoms with Gasteiger partial charge in [-0.3, -0.25) is 9.59 Å². The molecule has 180 valence electrons. The normalized spacial score (nSPS) is 8.41. The molecule has 0 N–H and O–H groups in total. The minimum atomic E-state index is -0.507. The quantitative estimate of drug-likeness (QED) is 0.204. The number of ether oxygens (including phenoxy) is 2. The average Bonchev–Trinajstić information content (AvgIpc) is 2.87. The van der Waals surface area contributed by atoms with Crippen molar-refractivity contribution in [2.45, 2.75) is 13.8 Å². The summed E-state index contributed by atoms with van der Waals surface area (Å²) < 4.78 is 9.66. The number of aldehydes is 1. The van der Waals surface area contributed by atoms with Gasteiger partial charge in [-0.05, 0) is 26.0 Å². The fourth-order valence-electron chi connectivity index (χ4n) is 2.18. The molecule has 0 unspecified atom stereocenters. The van der Waals surface area contributed by atoms with Gasteiger partial charge < -0.3 is 9.47 Å². The van der Waals surface area contributed by atoms with Gasteiger partial charge in [-0.1, -0.05) is 67.8 Å². The van der Waals surface area contributed by atoms with Gasteiger partial charge in [-0.25, -0.2) is 9.59 Å². The summed E-state index contributed by atoms with van der Waals surface area (Å²) in [6.07, 6.45) is 5.33. The summed E-state index contributed by atoms with van der Waals surface area (Å²) in [6, 6.07) is 13.1. The molecule has 0 aromatic heterocycles. The molecule has 0 aliphatic carbocycles. The van der Waals surface area contributed by atoms with Crippen LogP contribution in [0.5, 0.6) is 0 Å². The molecule has 0 radical (unpaired) electrons. The Hall–Kier alpha value is -4.32. The van der Waals surface area contributed by atoms with E-state index in [1.807, 2.05) is 6.92 Å². The second kappa shape index (κ2) is 20.6. The van der Waals surface area contributed by atoms with E-state index in [1.165, 1.54) is 19.1 Å². The van der Waals surface area contributed by atoms with Crippen LogP contribution in [0.1, 0.15) is 55.3 Å². The van der Waals surface area contributed by atoms with Crippen LogP contribution in [0, 0.1) is 0 Å². The molecule has 0 bridgehead atoms. The molecule has 0 aliphatic rings. The second-order valence-electron chi connectivity index (χ2n) is 5.99. The van der Waals surface area contributed by atoms with Crippen molar-refractivity contribution in [2.75, 3.05) is 13.2 Å². The van der Waals surface area contributed by atoms with Gasteiger partial charge in [-0.15, -0.1) is 19.7 Å². The van der Waals surface area contributed by atoms with Crippen LogP contribution in [0.2, 0.25) is 0 Å². The minimum absolute atomic E-state index is 0.144. The Morgan fingerprint density at radius 2 is 1.15 bits per heavy atom. The third kappa shape index (κ3) is 12.5. The lowest BCUT2D eigenvalue weighted by Crippen LogP contribution is -2.10. The van der Waals surface area contributed by atoms with Gasteiger partial charge in [0.15, 0.2) is 12.1 Å². The van der Waals surface area contributed by atoms with Crippen molar-refractivity contribution in [3.8, 4) is 0 Å². The van der Waals surface area contributed by atoms with Crippen LogP contribution in [0.3, 0.4) is 0 Å². The van der Waals surface area contributed by atoms with Crippen molar-refractivity contribution < 1.29 is 28.7 Å². The smallest absolute Gasteiger partial charge is 0.339 e. The van der Waals surface area contributed by atoms with Crippen molar-refractivity contribution in [3.05, 3.63) is 122 Å². The summed E-state index contributed by atoms with van der Waals surface area (Å²) in [7, 11) is 0. The molecule has 0 saturated heterocycles. The maximum Gasteiger partial charge on any atom is 0.339 e. The van der Waals surface area contributed by atoms with Crippen LogP contribution in [0.15, 0.2) is 99.7 Å². The van der Waals surface area contributed by atoms with E-state index in [1.54, 1.807) is 54.6 Å². The van der Waals surface area contributed by atoms with E-state index in [0.717, 1.165) is 0 Å². The molecule has 2 aromatic carbocycles. The molecule has 6 heteroatoms. The van der Waals surface area contributed by atoms with Crippen molar-refractivity contribution in [1.82, 2.24) is 0 Å². The number of allylic oxidation sites excluding steroid dienone is 1. The zero-order valence-electron chi connectivity index (χ0n) is 19.8. The molecule has 34 heavy (non-hydrogen) atoms. The summed E-state index contributed by atoms with van der Waals surface area (Å²) >= 11 is 0. The van der Waals surface area contributed by atoms with Crippen LogP contribution in [0.25, 0.3) is 0 Å². The van der Waals surface area contributed by atoms with Gasteiger partial charge in [0, 0.05) is 11.1 Å². The van der Waals surface area contributed by atoms with Crippen molar-refractivity contribution in [2.24, 2.45) is 0 Å². The first kappa shape index (κ1) is 31.9. The lowest BCUT2D eigenvalue weighted by atomic mass is 10.0. The molecule has 2 aromatic rings. The molecular formula is C28H32O6. The monoisotopic (exact) mass is 464 g/mol. The van der Waals surface area contributed by atoms with Crippen molar-refractivity contribution in [1.29, 1.82) is 0 Å². The maximum absolute atomic E-state index is 11.5. The summed E-state index contributed by atoms with van der Waals surface area (Å²) in [5.74, 6) is -1.16. The number of esters is 2. The van der Waals surface area contributed by atoms with E-state index in [2.05, 4.69) is 32.9 Å². The maximum atomic E-state index is 11.5. The third-order valence-electron chi connectivity index (χ3n) is 3.50. The predicted molar refractivity (Wildman–Crippen MR) is 136 cm³/mol.